The molecule has 2 rings (SSSR count). The molecule has 1 N–H and O–H groups in total. The van der Waals surface area contributed by atoms with Crippen LogP contribution in [0, 0.1) is 11.3 Å². The Morgan fingerprint density at radius 1 is 1.30 bits per heavy atom. The molecule has 1 aromatic heterocycles. The topological polar surface area (TPSA) is 83.8 Å². The number of hydrogen-bond donors (Lipinski definition) is 1. The molecule has 6 nitrogen and oxygen atoms in total. The number of nitriles is 1. The van der Waals surface area contributed by atoms with Crippen molar-refractivity contribution in [1.29, 1.82) is 5.26 Å². The van der Waals surface area contributed by atoms with E-state index in [2.05, 4.69) is 15.4 Å². The Bertz CT molecular complexity index is 601. The number of rotatable bonds is 6. The number of nitrogens with zero attached hydrogens (tertiary/aromatic N) is 3. The molecule has 0 saturated carbocycles. The fourth-order valence-corrected chi connectivity index (χ4v) is 1.69. The Kier molecular flexibility index (Phi) is 4.69. The molecule has 2 aromatic rings. The Balaban J connectivity index is 2.03. The van der Waals surface area contributed by atoms with Crippen molar-refractivity contribution < 1.29 is 9.47 Å². The fourth-order valence-electron chi connectivity index (χ4n) is 1.69. The van der Waals surface area contributed by atoms with Gasteiger partial charge in [-0.3, -0.25) is 0 Å². The van der Waals surface area contributed by atoms with Gasteiger partial charge in [-0.05, 0) is 26.0 Å². The van der Waals surface area contributed by atoms with Gasteiger partial charge in [-0.15, -0.1) is 5.10 Å². The number of aromatic amines is 1. The van der Waals surface area contributed by atoms with Gasteiger partial charge in [0.15, 0.2) is 5.69 Å². The van der Waals surface area contributed by atoms with E-state index in [1.165, 1.54) is 0 Å². The van der Waals surface area contributed by atoms with Crippen LogP contribution in [0.15, 0.2) is 24.3 Å². The molecule has 0 saturated heterocycles. The molecule has 0 atom stereocenters. The maximum absolute atomic E-state index is 8.94. The van der Waals surface area contributed by atoms with Crippen LogP contribution in [0.3, 0.4) is 0 Å². The number of benzene rings is 1. The lowest BCUT2D eigenvalue weighted by atomic mass is 10.1. The molecule has 20 heavy (non-hydrogen) atoms. The van der Waals surface area contributed by atoms with E-state index in [1.54, 1.807) is 0 Å². The zero-order chi connectivity index (χ0) is 14.4. The van der Waals surface area contributed by atoms with E-state index in [-0.39, 0.29) is 11.8 Å². The number of ether oxygens (including phenoxy) is 2. The van der Waals surface area contributed by atoms with Crippen LogP contribution in [0.4, 0.5) is 0 Å². The predicted octanol–water partition coefficient (Wildman–Crippen LogP) is 2.15. The highest BCUT2D eigenvalue weighted by Gasteiger charge is 2.10. The Labute approximate surface area is 117 Å². The summed E-state index contributed by atoms with van der Waals surface area (Å²) in [6.45, 7) is 4.98. The molecule has 0 amide bonds. The van der Waals surface area contributed by atoms with E-state index in [0.717, 1.165) is 5.56 Å². The van der Waals surface area contributed by atoms with Crippen LogP contribution in [-0.4, -0.2) is 34.7 Å². The highest BCUT2D eigenvalue weighted by Crippen LogP contribution is 2.23. The molecule has 0 unspecified atom stereocenters. The van der Waals surface area contributed by atoms with Gasteiger partial charge >= 0.3 is 0 Å². The maximum Gasteiger partial charge on any atom is 0.190 e. The van der Waals surface area contributed by atoms with Crippen LogP contribution < -0.4 is 4.74 Å². The van der Waals surface area contributed by atoms with Crippen LogP contribution in [0.1, 0.15) is 19.5 Å². The van der Waals surface area contributed by atoms with E-state index in [9.17, 15) is 0 Å². The Morgan fingerprint density at radius 2 is 2.15 bits per heavy atom. The van der Waals surface area contributed by atoms with Crippen molar-refractivity contribution in [2.45, 2.75) is 20.0 Å². The van der Waals surface area contributed by atoms with Crippen LogP contribution in [0.25, 0.3) is 11.3 Å². The number of H-pyrrole nitrogens is 1. The molecule has 0 aliphatic carbocycles. The highest BCUT2D eigenvalue weighted by atomic mass is 16.5. The van der Waals surface area contributed by atoms with Crippen molar-refractivity contribution in [2.75, 3.05) is 13.2 Å². The van der Waals surface area contributed by atoms with Crippen molar-refractivity contribution in [3.8, 4) is 23.1 Å². The second kappa shape index (κ2) is 6.68. The number of nitrogens with one attached hydrogen (secondary N) is 1. The van der Waals surface area contributed by atoms with Crippen molar-refractivity contribution in [2.24, 2.45) is 0 Å². The number of aromatic nitrogens is 3. The normalized spacial score (nSPS) is 10.5. The molecule has 6 heteroatoms. The molecule has 1 aromatic carbocycles. The minimum atomic E-state index is 0.193. The van der Waals surface area contributed by atoms with Gasteiger partial charge in [0.2, 0.25) is 0 Å². The lowest BCUT2D eigenvalue weighted by Gasteiger charge is -2.09. The third-order valence-corrected chi connectivity index (χ3v) is 2.56. The van der Waals surface area contributed by atoms with Crippen molar-refractivity contribution in [3.63, 3.8) is 0 Å². The molecule has 0 spiro atoms. The zero-order valence-corrected chi connectivity index (χ0v) is 11.5. The minimum absolute atomic E-state index is 0.193. The average Bonchev–Trinajstić information content (AvgIpc) is 2.92. The smallest absolute Gasteiger partial charge is 0.190 e. The standard InChI is InChI=1S/C14H16N4O2/c1-10(2)19-6-7-20-12-5-3-4-11(8-12)14-13(9-15)16-18-17-14/h3-5,8,10H,6-7H2,1-2H3,(H,16,17,18). The van der Waals surface area contributed by atoms with Gasteiger partial charge in [0.05, 0.1) is 12.7 Å². The molecule has 0 aliphatic heterocycles. The Hall–Kier alpha value is -2.39. The second-order valence-corrected chi connectivity index (χ2v) is 4.43. The summed E-state index contributed by atoms with van der Waals surface area (Å²) in [6.07, 6.45) is 0.193. The SMILES string of the molecule is CC(C)OCCOc1cccc(-c2n[nH]nc2C#N)c1. The molecular weight excluding hydrogens is 256 g/mol. The van der Waals surface area contributed by atoms with Crippen LogP contribution in [0.2, 0.25) is 0 Å². The van der Waals surface area contributed by atoms with Gasteiger partial charge in [-0.2, -0.15) is 15.6 Å². The molecule has 0 radical (unpaired) electrons. The van der Waals surface area contributed by atoms with E-state index < -0.39 is 0 Å². The minimum Gasteiger partial charge on any atom is -0.491 e. The molecular formula is C14H16N4O2. The predicted molar refractivity (Wildman–Crippen MR) is 73.1 cm³/mol. The first-order valence-corrected chi connectivity index (χ1v) is 6.36. The summed E-state index contributed by atoms with van der Waals surface area (Å²) in [5.41, 5.74) is 1.58. The van der Waals surface area contributed by atoms with Crippen molar-refractivity contribution >= 4 is 0 Å². The molecule has 0 aliphatic rings. The van der Waals surface area contributed by atoms with Gasteiger partial charge in [0.25, 0.3) is 0 Å². The maximum atomic E-state index is 8.94. The van der Waals surface area contributed by atoms with Gasteiger partial charge in [0.1, 0.15) is 24.1 Å². The number of hydrogen-bond acceptors (Lipinski definition) is 5. The van der Waals surface area contributed by atoms with Crippen molar-refractivity contribution in [3.05, 3.63) is 30.0 Å². The quantitative estimate of drug-likeness (QED) is 0.814. The van der Waals surface area contributed by atoms with E-state index in [0.29, 0.717) is 24.7 Å². The zero-order valence-electron chi connectivity index (χ0n) is 11.5. The largest absolute Gasteiger partial charge is 0.491 e. The summed E-state index contributed by atoms with van der Waals surface area (Å²) in [4.78, 5) is 0. The van der Waals surface area contributed by atoms with Crippen LogP contribution in [0.5, 0.6) is 5.75 Å². The molecule has 0 bridgehead atoms. The second-order valence-electron chi connectivity index (χ2n) is 4.43. The third kappa shape index (κ3) is 3.56. The van der Waals surface area contributed by atoms with Gasteiger partial charge in [0, 0.05) is 5.56 Å². The van der Waals surface area contributed by atoms with E-state index in [4.69, 9.17) is 14.7 Å². The van der Waals surface area contributed by atoms with E-state index in [1.807, 2.05) is 44.2 Å². The van der Waals surface area contributed by atoms with Crippen LogP contribution in [-0.2, 0) is 4.74 Å². The lowest BCUT2D eigenvalue weighted by Crippen LogP contribution is -2.11. The first-order valence-electron chi connectivity index (χ1n) is 6.36. The summed E-state index contributed by atoms with van der Waals surface area (Å²) in [5.74, 6) is 0.710. The summed E-state index contributed by atoms with van der Waals surface area (Å²) in [6, 6.07) is 9.38. The average molecular weight is 272 g/mol. The summed E-state index contributed by atoms with van der Waals surface area (Å²) >= 11 is 0. The van der Waals surface area contributed by atoms with Crippen molar-refractivity contribution in [1.82, 2.24) is 15.4 Å². The monoisotopic (exact) mass is 272 g/mol. The molecule has 1 heterocycles. The summed E-state index contributed by atoms with van der Waals surface area (Å²) in [7, 11) is 0. The molecule has 0 fully saturated rings. The van der Waals surface area contributed by atoms with E-state index >= 15 is 0 Å². The Morgan fingerprint density at radius 3 is 2.90 bits per heavy atom. The van der Waals surface area contributed by atoms with Gasteiger partial charge < -0.3 is 9.47 Å². The van der Waals surface area contributed by atoms with Gasteiger partial charge in [-0.1, -0.05) is 12.1 Å². The first kappa shape index (κ1) is 14.0. The highest BCUT2D eigenvalue weighted by molar-refractivity contribution is 5.65. The van der Waals surface area contributed by atoms with Crippen LogP contribution >= 0.6 is 0 Å². The van der Waals surface area contributed by atoms with Gasteiger partial charge in [-0.25, -0.2) is 0 Å². The summed E-state index contributed by atoms with van der Waals surface area (Å²) in [5, 5.41) is 19.1. The fraction of sp³-hybridized carbons (Fsp3) is 0.357. The lowest BCUT2D eigenvalue weighted by molar-refractivity contribution is 0.0553. The summed E-state index contributed by atoms with van der Waals surface area (Å²) < 4.78 is 11.0. The molecule has 104 valence electrons. The first-order chi connectivity index (χ1) is 9.70. The third-order valence-electron chi connectivity index (χ3n) is 2.56.